The zero-order chi connectivity index (χ0) is 31.4. The molecule has 1 saturated carbocycles. The molecule has 3 aromatic rings. The number of carbonyl (C=O) groups is 3. The summed E-state index contributed by atoms with van der Waals surface area (Å²) >= 11 is 0. The normalized spacial score (nSPS) is 30.3. The van der Waals surface area contributed by atoms with Crippen molar-refractivity contribution in [2.24, 2.45) is 5.41 Å². The average molecular weight is 531 g/mol. The minimum atomic E-state index is -3.35. The molecule has 4 heterocycles. The molecule has 8 nitrogen and oxygen atoms in total. The molecule has 39 heavy (non-hydrogen) atoms. The van der Waals surface area contributed by atoms with Crippen molar-refractivity contribution < 1.29 is 21.2 Å². The van der Waals surface area contributed by atoms with E-state index in [1.54, 1.807) is 29.6 Å². The maximum atomic E-state index is 13.7. The minimum Gasteiger partial charge on any atom is -0.303 e. The Balaban J connectivity index is 1.18. The molecule has 7 rings (SSSR count). The number of aromatic nitrogens is 2. The summed E-state index contributed by atoms with van der Waals surface area (Å²) in [5.41, 5.74) is 2.60. The predicted molar refractivity (Wildman–Crippen MR) is 149 cm³/mol. The van der Waals surface area contributed by atoms with Crippen LogP contribution in [0.3, 0.4) is 0 Å². The van der Waals surface area contributed by atoms with Gasteiger partial charge in [-0.05, 0) is 73.0 Å². The number of hydrogen-bond donors (Lipinski definition) is 1. The Morgan fingerprint density at radius 1 is 1.10 bits per heavy atom. The van der Waals surface area contributed by atoms with Crippen LogP contribution in [0.1, 0.15) is 80.6 Å². The van der Waals surface area contributed by atoms with Crippen LogP contribution in [-0.4, -0.2) is 58.1 Å². The van der Waals surface area contributed by atoms with Crippen LogP contribution in [0.4, 0.5) is 5.69 Å². The Labute approximate surface area is 235 Å². The summed E-state index contributed by atoms with van der Waals surface area (Å²) in [4.78, 5) is 42.3. The van der Waals surface area contributed by atoms with Gasteiger partial charge in [-0.15, -0.1) is 0 Å². The molecular formula is C31H35N5O3. The van der Waals surface area contributed by atoms with Crippen molar-refractivity contribution in [1.82, 2.24) is 20.0 Å². The smallest absolute Gasteiger partial charge is 0.259 e. The summed E-state index contributed by atoms with van der Waals surface area (Å²) in [6.45, 7) is 7.88. The maximum Gasteiger partial charge on any atom is 0.259 e. The second-order valence-corrected chi connectivity index (χ2v) is 12.0. The predicted octanol–water partition coefficient (Wildman–Crippen LogP) is 4.00. The van der Waals surface area contributed by atoms with E-state index in [1.165, 1.54) is 19.4 Å². The first-order chi connectivity index (χ1) is 20.6. The van der Waals surface area contributed by atoms with E-state index in [1.807, 2.05) is 12.3 Å². The number of nitrogens with one attached hydrogen (secondary N) is 1. The van der Waals surface area contributed by atoms with Gasteiger partial charge in [0.2, 0.25) is 11.8 Å². The van der Waals surface area contributed by atoms with E-state index in [0.29, 0.717) is 27.5 Å². The third-order valence-corrected chi connectivity index (χ3v) is 8.97. The van der Waals surface area contributed by atoms with E-state index in [0.717, 1.165) is 37.1 Å². The lowest BCUT2D eigenvalue weighted by Crippen LogP contribution is -2.53. The first kappa shape index (κ1) is 19.5. The fraction of sp³-hybridized carbons (Fsp3) is 0.484. The van der Waals surface area contributed by atoms with Crippen LogP contribution in [0.5, 0.6) is 0 Å². The minimum absolute atomic E-state index is 0.0809. The van der Waals surface area contributed by atoms with Crippen LogP contribution < -0.4 is 10.2 Å². The molecule has 2 saturated heterocycles. The van der Waals surface area contributed by atoms with Gasteiger partial charge in [0.1, 0.15) is 6.02 Å². The highest BCUT2D eigenvalue weighted by molar-refractivity contribution is 6.27. The van der Waals surface area contributed by atoms with Crippen molar-refractivity contribution in [3.05, 3.63) is 59.4 Å². The maximum absolute atomic E-state index is 13.7. The van der Waals surface area contributed by atoms with E-state index < -0.39 is 36.5 Å². The van der Waals surface area contributed by atoms with Crippen LogP contribution in [-0.2, 0) is 21.5 Å². The monoisotopic (exact) mass is 530 g/mol. The van der Waals surface area contributed by atoms with Crippen molar-refractivity contribution in [1.29, 1.82) is 0 Å². The number of hydrogen-bond acceptors (Lipinski definition) is 5. The zero-order valence-corrected chi connectivity index (χ0v) is 22.2. The van der Waals surface area contributed by atoms with E-state index in [4.69, 9.17) is 12.0 Å². The number of rotatable bonds is 6. The Kier molecular flexibility index (Phi) is 4.38. The fourth-order valence-corrected chi connectivity index (χ4v) is 6.24. The van der Waals surface area contributed by atoms with Crippen molar-refractivity contribution in [3.8, 4) is 0 Å². The second-order valence-electron chi connectivity index (χ2n) is 12.0. The Morgan fingerprint density at radius 3 is 2.67 bits per heavy atom. The molecule has 1 aromatic heterocycles. The molecule has 0 spiro atoms. The summed E-state index contributed by atoms with van der Waals surface area (Å²) in [7, 11) is 0. The van der Waals surface area contributed by atoms with Gasteiger partial charge in [-0.25, -0.2) is 0 Å². The van der Waals surface area contributed by atoms with Crippen LogP contribution in [0, 0.1) is 5.41 Å². The number of benzene rings is 2. The van der Waals surface area contributed by atoms with Gasteiger partial charge in [0.25, 0.3) is 5.91 Å². The molecule has 4 aliphatic rings. The lowest BCUT2D eigenvalue weighted by Gasteiger charge is -2.40. The Hall–Kier alpha value is -3.52. The summed E-state index contributed by atoms with van der Waals surface area (Å²) in [5.74, 6) is -3.67. The number of imide groups is 1. The van der Waals surface area contributed by atoms with E-state index in [-0.39, 0.29) is 16.8 Å². The van der Waals surface area contributed by atoms with Gasteiger partial charge in [0.05, 0.1) is 18.8 Å². The zero-order valence-electron chi connectivity index (χ0n) is 27.2. The summed E-state index contributed by atoms with van der Waals surface area (Å²) in [6, 6.07) is 5.36. The summed E-state index contributed by atoms with van der Waals surface area (Å²) < 4.78 is 44.1. The topological polar surface area (TPSA) is 87.5 Å². The largest absolute Gasteiger partial charge is 0.303 e. The van der Waals surface area contributed by atoms with E-state index >= 15 is 0 Å². The van der Waals surface area contributed by atoms with Crippen LogP contribution in [0.2, 0.25) is 0 Å². The van der Waals surface area contributed by atoms with Crippen molar-refractivity contribution >= 4 is 34.2 Å². The third-order valence-electron chi connectivity index (χ3n) is 8.97. The van der Waals surface area contributed by atoms with E-state index in [9.17, 15) is 14.4 Å². The van der Waals surface area contributed by atoms with Crippen LogP contribution in [0.25, 0.3) is 10.8 Å². The highest BCUT2D eigenvalue weighted by Crippen LogP contribution is 2.46. The Morgan fingerprint density at radius 2 is 1.90 bits per heavy atom. The quantitative estimate of drug-likeness (QED) is 0.487. The molecule has 0 radical (unpaired) electrons. The average Bonchev–Trinajstić information content (AvgIpc) is 3.37. The van der Waals surface area contributed by atoms with Crippen molar-refractivity contribution in [3.63, 3.8) is 0 Å². The second kappa shape index (κ2) is 8.74. The highest BCUT2D eigenvalue weighted by atomic mass is 16.2. The summed E-state index contributed by atoms with van der Waals surface area (Å²) in [6.07, 6.45) is 2.54. The molecule has 3 fully saturated rings. The number of anilines is 1. The lowest BCUT2D eigenvalue weighted by molar-refractivity contribution is -0.134. The third kappa shape index (κ3) is 4.16. The van der Waals surface area contributed by atoms with Gasteiger partial charge < -0.3 is 4.90 Å². The van der Waals surface area contributed by atoms with Crippen LogP contribution >= 0.6 is 0 Å². The van der Waals surface area contributed by atoms with Gasteiger partial charge in [-0.2, -0.15) is 5.10 Å². The first-order valence-electron chi connectivity index (χ1n) is 16.1. The molecular weight excluding hydrogens is 490 g/mol. The lowest BCUT2D eigenvalue weighted by atomic mass is 9.89. The van der Waals surface area contributed by atoms with Gasteiger partial charge in [-0.1, -0.05) is 25.1 Å². The molecule has 8 heteroatoms. The van der Waals surface area contributed by atoms with Gasteiger partial charge >= 0.3 is 0 Å². The molecule has 1 N–H and O–H groups in total. The number of likely N-dealkylation sites (tertiary alicyclic amines) is 1. The molecule has 1 atom stereocenters. The Bertz CT molecular complexity index is 1740. The number of carbonyl (C=O) groups excluding carboxylic acids is 3. The SMILES string of the molecule is [2H]C1([2H])C(=O)NC(=O)C([2H])(N2C(=O)c3cccc4c(Cc5cnn(C6(C)CCN(CC7(C)CC7)CC6)c5)ccc2c34)C1([2H])[2H]. The molecule has 0 bridgehead atoms. The van der Waals surface area contributed by atoms with Crippen LogP contribution in [0.15, 0.2) is 42.7 Å². The van der Waals surface area contributed by atoms with Gasteiger partial charge in [0, 0.05) is 55.1 Å². The van der Waals surface area contributed by atoms with Crippen molar-refractivity contribution in [2.45, 2.75) is 70.3 Å². The fourth-order valence-electron chi connectivity index (χ4n) is 6.24. The molecule has 2 aromatic carbocycles. The first-order valence-corrected chi connectivity index (χ1v) is 13.6. The number of amides is 3. The van der Waals surface area contributed by atoms with Gasteiger partial charge in [-0.3, -0.25) is 29.3 Å². The molecule has 1 aliphatic carbocycles. The standard InChI is InChI=1S/C31H35N5O3/c1-30(10-11-30)19-34-14-12-31(2,13-15-34)35-18-20(17-32-35)16-21-6-7-24-27-22(21)4-3-5-23(27)29(39)36(24)25-8-9-26(37)33-28(25)38/h3-7,17-18,25H,8-16,19H2,1-2H3,(H,33,37,38)/i8D2,9D2,25D. The van der Waals surface area contributed by atoms with E-state index in [2.05, 4.69) is 29.6 Å². The molecule has 3 amide bonds. The summed E-state index contributed by atoms with van der Waals surface area (Å²) in [5, 5.41) is 7.69. The number of piperidine rings is 2. The van der Waals surface area contributed by atoms with Gasteiger partial charge in [0.15, 0.2) is 0 Å². The van der Waals surface area contributed by atoms with Crippen molar-refractivity contribution in [2.75, 3.05) is 24.5 Å². The molecule has 1 unspecified atom stereocenters. The molecule has 202 valence electrons. The highest BCUT2D eigenvalue weighted by Gasteiger charge is 2.42. The number of nitrogens with zero attached hydrogens (tertiary/aromatic N) is 4. The molecule has 3 aliphatic heterocycles.